The maximum Gasteiger partial charge on any atom is 0.315 e. The molecule has 8 heteroatoms. The Morgan fingerprint density at radius 2 is 1.69 bits per heavy atom. The normalized spacial score (nSPS) is 24.4. The molecule has 2 amide bonds. The van der Waals surface area contributed by atoms with Crippen molar-refractivity contribution >= 4 is 6.03 Å². The van der Waals surface area contributed by atoms with Gasteiger partial charge in [-0.1, -0.05) is 79.7 Å². The number of hydrogen-bond donors (Lipinski definition) is 4. The minimum atomic E-state index is -0.549. The van der Waals surface area contributed by atoms with Gasteiger partial charge in [0.15, 0.2) is 6.29 Å². The molecule has 42 heavy (non-hydrogen) atoms. The van der Waals surface area contributed by atoms with Crippen LogP contribution in [0.25, 0.3) is 11.1 Å². The second-order valence-electron chi connectivity index (χ2n) is 11.3. The minimum Gasteiger partial charge on any atom is -0.395 e. The lowest BCUT2D eigenvalue weighted by Crippen LogP contribution is -2.46. The van der Waals surface area contributed by atoms with Crippen molar-refractivity contribution in [3.63, 3.8) is 0 Å². The Morgan fingerprint density at radius 1 is 0.952 bits per heavy atom. The summed E-state index contributed by atoms with van der Waals surface area (Å²) in [6.07, 6.45) is 1.27. The maximum absolute atomic E-state index is 12.0. The summed E-state index contributed by atoms with van der Waals surface area (Å²) >= 11 is 0. The first-order valence-electron chi connectivity index (χ1n) is 15.1. The number of carbonyl (C=O) groups excluding carboxylic acids is 1. The molecule has 5 atom stereocenters. The molecule has 224 valence electrons. The number of amides is 2. The zero-order chi connectivity index (χ0) is 29.5. The van der Waals surface area contributed by atoms with Gasteiger partial charge in [0.05, 0.1) is 25.4 Å². The van der Waals surface area contributed by atoms with Crippen LogP contribution in [0.2, 0.25) is 0 Å². The number of hydrogen-bond acceptors (Lipinski definition) is 6. The Hall–Kier alpha value is -3.27. The Balaban J connectivity index is 1.37. The predicted octanol–water partition coefficient (Wildman–Crippen LogP) is 4.91. The third kappa shape index (κ3) is 7.02. The molecule has 0 spiro atoms. The molecule has 5 rings (SSSR count). The second-order valence-corrected chi connectivity index (χ2v) is 11.3. The number of aliphatic hydroxyl groups excluding tert-OH is 2. The lowest BCUT2D eigenvalue weighted by atomic mass is 9.89. The summed E-state index contributed by atoms with van der Waals surface area (Å²) in [7, 11) is 0. The first-order valence-corrected chi connectivity index (χ1v) is 15.1. The smallest absolute Gasteiger partial charge is 0.315 e. The van der Waals surface area contributed by atoms with Crippen LogP contribution in [-0.2, 0) is 22.6 Å². The quantitative estimate of drug-likeness (QED) is 0.275. The van der Waals surface area contributed by atoms with E-state index in [2.05, 4.69) is 52.8 Å². The van der Waals surface area contributed by atoms with Crippen molar-refractivity contribution in [2.75, 3.05) is 26.2 Å². The van der Waals surface area contributed by atoms with Crippen LogP contribution >= 0.6 is 0 Å². The van der Waals surface area contributed by atoms with Crippen LogP contribution in [0.1, 0.15) is 61.3 Å². The van der Waals surface area contributed by atoms with E-state index >= 15 is 0 Å². The molecule has 2 saturated heterocycles. The van der Waals surface area contributed by atoms with Crippen molar-refractivity contribution in [1.29, 1.82) is 0 Å². The highest BCUT2D eigenvalue weighted by molar-refractivity contribution is 5.74. The molecule has 0 unspecified atom stereocenters. The largest absolute Gasteiger partial charge is 0.395 e. The molecule has 0 radical (unpaired) electrons. The Kier molecular flexibility index (Phi) is 10.3. The van der Waals surface area contributed by atoms with Gasteiger partial charge in [0.25, 0.3) is 0 Å². The highest BCUT2D eigenvalue weighted by atomic mass is 16.7. The third-order valence-corrected chi connectivity index (χ3v) is 8.54. The van der Waals surface area contributed by atoms with Crippen LogP contribution < -0.4 is 10.6 Å². The number of nitrogens with one attached hydrogen (secondary N) is 2. The van der Waals surface area contributed by atoms with Crippen LogP contribution in [0.15, 0.2) is 72.8 Å². The Labute approximate surface area is 248 Å². The lowest BCUT2D eigenvalue weighted by molar-refractivity contribution is -0.276. The van der Waals surface area contributed by atoms with Gasteiger partial charge in [-0.3, -0.25) is 4.90 Å². The SMILES string of the molecule is CCNC(=O)NCc1ccccc1-c1ccc([C@H]2O[C@@H](CN3CCC[C@H]3CO)[C@@H](C)[C@@H](c3ccc(CO)cc3)O2)cc1. The summed E-state index contributed by atoms with van der Waals surface area (Å²) in [5.41, 5.74) is 6.00. The highest BCUT2D eigenvalue weighted by Gasteiger charge is 2.40. The van der Waals surface area contributed by atoms with Crippen molar-refractivity contribution < 1.29 is 24.5 Å². The number of ether oxygens (including phenoxy) is 2. The summed E-state index contributed by atoms with van der Waals surface area (Å²) in [5.74, 6) is 0.0877. The van der Waals surface area contributed by atoms with E-state index in [4.69, 9.17) is 9.47 Å². The number of aliphatic hydroxyl groups is 2. The van der Waals surface area contributed by atoms with Crippen LogP contribution in [0.5, 0.6) is 0 Å². The van der Waals surface area contributed by atoms with Crippen LogP contribution in [0.3, 0.4) is 0 Å². The first kappa shape index (κ1) is 30.2. The summed E-state index contributed by atoms with van der Waals surface area (Å²) in [6, 6.07) is 24.3. The zero-order valence-electron chi connectivity index (χ0n) is 24.5. The molecule has 0 aliphatic carbocycles. The van der Waals surface area contributed by atoms with Crippen LogP contribution in [0, 0.1) is 5.92 Å². The molecule has 2 aliphatic rings. The van der Waals surface area contributed by atoms with E-state index in [1.165, 1.54) is 0 Å². The van der Waals surface area contributed by atoms with Crippen molar-refractivity contribution in [1.82, 2.24) is 15.5 Å². The fourth-order valence-electron chi connectivity index (χ4n) is 6.08. The maximum atomic E-state index is 12.0. The molecular weight excluding hydrogens is 530 g/mol. The summed E-state index contributed by atoms with van der Waals surface area (Å²) in [5, 5.41) is 25.1. The van der Waals surface area contributed by atoms with E-state index in [1.54, 1.807) is 0 Å². The van der Waals surface area contributed by atoms with E-state index in [9.17, 15) is 15.0 Å². The standard InChI is InChI=1S/C34H43N3O5/c1-3-35-34(40)36-19-28-7-4-5-9-30(28)25-14-16-27(17-15-25)33-41-31(20-37-18-6-8-29(37)22-39)23(2)32(42-33)26-12-10-24(21-38)11-13-26/h4-5,7,9-17,23,29,31-33,38-39H,3,6,8,18-22H2,1-2H3,(H2,35,36,40)/t23-,29+,31+,32+,33+/m1/s1. The number of benzene rings is 3. The van der Waals surface area contributed by atoms with Crippen LogP contribution in [0.4, 0.5) is 4.79 Å². The van der Waals surface area contributed by atoms with E-state index in [-0.39, 0.29) is 43.4 Å². The lowest BCUT2D eigenvalue weighted by Gasteiger charge is -2.43. The Bertz CT molecular complexity index is 1300. The molecule has 8 nitrogen and oxygen atoms in total. The van der Waals surface area contributed by atoms with E-state index in [0.29, 0.717) is 13.1 Å². The second kappa shape index (κ2) is 14.3. The van der Waals surface area contributed by atoms with Gasteiger partial charge in [0.1, 0.15) is 0 Å². The number of rotatable bonds is 10. The van der Waals surface area contributed by atoms with Gasteiger partial charge in [0, 0.05) is 37.2 Å². The average Bonchev–Trinajstić information content (AvgIpc) is 3.48. The molecular formula is C34H43N3O5. The van der Waals surface area contributed by atoms with Crippen molar-refractivity contribution in [3.05, 3.63) is 95.1 Å². The molecule has 2 fully saturated rings. The van der Waals surface area contributed by atoms with Gasteiger partial charge in [-0.15, -0.1) is 0 Å². The minimum absolute atomic E-state index is 0.00467. The van der Waals surface area contributed by atoms with Gasteiger partial charge >= 0.3 is 6.03 Å². The molecule has 0 aromatic heterocycles. The molecule has 0 bridgehead atoms. The fourth-order valence-corrected chi connectivity index (χ4v) is 6.08. The molecule has 4 N–H and O–H groups in total. The van der Waals surface area contributed by atoms with E-state index in [0.717, 1.165) is 59.3 Å². The first-order chi connectivity index (χ1) is 20.5. The summed E-state index contributed by atoms with van der Waals surface area (Å²) in [6.45, 7) is 6.94. The van der Waals surface area contributed by atoms with Gasteiger partial charge in [-0.2, -0.15) is 0 Å². The molecule has 0 saturated carbocycles. The van der Waals surface area contributed by atoms with Gasteiger partial charge in [-0.25, -0.2) is 4.79 Å². The van der Waals surface area contributed by atoms with Crippen molar-refractivity contribution in [2.45, 2.75) is 64.4 Å². The predicted molar refractivity (Wildman–Crippen MR) is 162 cm³/mol. The van der Waals surface area contributed by atoms with E-state index < -0.39 is 6.29 Å². The Morgan fingerprint density at radius 3 is 2.40 bits per heavy atom. The molecule has 2 aliphatic heterocycles. The molecule has 3 aromatic carbocycles. The number of urea groups is 1. The molecule has 2 heterocycles. The molecule has 3 aromatic rings. The van der Waals surface area contributed by atoms with Gasteiger partial charge in [0.2, 0.25) is 0 Å². The topological polar surface area (TPSA) is 103 Å². The fraction of sp³-hybridized carbons (Fsp3) is 0.441. The van der Waals surface area contributed by atoms with Crippen molar-refractivity contribution in [3.8, 4) is 11.1 Å². The van der Waals surface area contributed by atoms with Gasteiger partial charge < -0.3 is 30.3 Å². The zero-order valence-corrected chi connectivity index (χ0v) is 24.5. The van der Waals surface area contributed by atoms with Crippen LogP contribution in [-0.4, -0.2) is 59.5 Å². The van der Waals surface area contributed by atoms with Crippen molar-refractivity contribution in [2.24, 2.45) is 5.92 Å². The number of carbonyl (C=O) groups is 1. The van der Waals surface area contributed by atoms with Gasteiger partial charge in [-0.05, 0) is 54.1 Å². The monoisotopic (exact) mass is 573 g/mol. The number of likely N-dealkylation sites (tertiary alicyclic amines) is 1. The van der Waals surface area contributed by atoms with E-state index in [1.807, 2.05) is 49.4 Å². The highest BCUT2D eigenvalue weighted by Crippen LogP contribution is 2.42. The third-order valence-electron chi connectivity index (χ3n) is 8.54. The average molecular weight is 574 g/mol. The summed E-state index contributed by atoms with van der Waals surface area (Å²) in [4.78, 5) is 14.3. The number of nitrogens with zero attached hydrogens (tertiary/aromatic N) is 1. The summed E-state index contributed by atoms with van der Waals surface area (Å²) < 4.78 is 13.3.